The van der Waals surface area contributed by atoms with Gasteiger partial charge in [0.15, 0.2) is 0 Å². The minimum atomic E-state index is 0.0347. The van der Waals surface area contributed by atoms with E-state index in [1.54, 1.807) is 0 Å². The monoisotopic (exact) mass is 301 g/mol. The maximum Gasteiger partial charge on any atom is 0.240 e. The van der Waals surface area contributed by atoms with Crippen LogP contribution >= 0.6 is 11.8 Å². The van der Waals surface area contributed by atoms with Crippen molar-refractivity contribution in [2.75, 3.05) is 51.0 Å². The van der Waals surface area contributed by atoms with Gasteiger partial charge in [0.2, 0.25) is 5.91 Å². The maximum absolute atomic E-state index is 12.4. The van der Waals surface area contributed by atoms with Crippen molar-refractivity contribution in [1.82, 2.24) is 15.1 Å². The van der Waals surface area contributed by atoms with Crippen LogP contribution in [0.15, 0.2) is 0 Å². The van der Waals surface area contributed by atoms with Crippen LogP contribution in [0.3, 0.4) is 0 Å². The van der Waals surface area contributed by atoms with E-state index in [1.807, 2.05) is 18.7 Å². The number of piperazine rings is 1. The van der Waals surface area contributed by atoms with Crippen molar-refractivity contribution in [2.24, 2.45) is 0 Å². The molecule has 2 heterocycles. The number of rotatable bonds is 6. The topological polar surface area (TPSA) is 44.8 Å². The zero-order valence-electron chi connectivity index (χ0n) is 12.6. The van der Waals surface area contributed by atoms with Crippen molar-refractivity contribution in [3.63, 3.8) is 0 Å². The van der Waals surface area contributed by atoms with Crippen molar-refractivity contribution >= 4 is 17.7 Å². The van der Waals surface area contributed by atoms with Gasteiger partial charge in [-0.25, -0.2) is 0 Å². The first-order valence-electron chi connectivity index (χ1n) is 7.68. The highest BCUT2D eigenvalue weighted by Crippen LogP contribution is 2.17. The Hall–Kier alpha value is -0.300. The van der Waals surface area contributed by atoms with Crippen LogP contribution in [0.25, 0.3) is 0 Å². The lowest BCUT2D eigenvalue weighted by molar-refractivity contribution is -0.135. The molecule has 2 fully saturated rings. The van der Waals surface area contributed by atoms with E-state index in [4.69, 9.17) is 4.74 Å². The lowest BCUT2D eigenvalue weighted by atomic mass is 10.1. The molecule has 0 spiro atoms. The predicted octanol–water partition coefficient (Wildman–Crippen LogP) is 0.608. The van der Waals surface area contributed by atoms with E-state index in [9.17, 15) is 4.79 Å². The Balaban J connectivity index is 1.82. The first kappa shape index (κ1) is 16.1. The molecule has 0 aromatic rings. The first-order valence-corrected chi connectivity index (χ1v) is 8.83. The predicted molar refractivity (Wildman–Crippen MR) is 83.0 cm³/mol. The zero-order chi connectivity index (χ0) is 14.4. The molecule has 0 bridgehead atoms. The van der Waals surface area contributed by atoms with E-state index in [2.05, 4.69) is 22.0 Å². The molecule has 0 aliphatic carbocycles. The van der Waals surface area contributed by atoms with Gasteiger partial charge in [0.25, 0.3) is 0 Å². The Morgan fingerprint density at radius 2 is 2.25 bits per heavy atom. The minimum absolute atomic E-state index is 0.0347. The zero-order valence-corrected chi connectivity index (χ0v) is 13.5. The molecule has 2 unspecified atom stereocenters. The van der Waals surface area contributed by atoms with Crippen LogP contribution in [0.1, 0.15) is 20.3 Å². The van der Waals surface area contributed by atoms with Gasteiger partial charge < -0.3 is 9.64 Å². The number of ether oxygens (including phenoxy) is 1. The number of carbonyl (C=O) groups excluding carboxylic acids is 1. The number of thioether (sulfide) groups is 1. The minimum Gasteiger partial charge on any atom is -0.380 e. The van der Waals surface area contributed by atoms with Crippen LogP contribution in [0.2, 0.25) is 0 Å². The summed E-state index contributed by atoms with van der Waals surface area (Å²) in [4.78, 5) is 17.0. The summed E-state index contributed by atoms with van der Waals surface area (Å²) >= 11 is 1.81. The lowest BCUT2D eigenvalue weighted by Gasteiger charge is -2.41. The summed E-state index contributed by atoms with van der Waals surface area (Å²) in [6, 6.07) is 0.509. The quantitative estimate of drug-likeness (QED) is 0.728. The van der Waals surface area contributed by atoms with Crippen molar-refractivity contribution in [3.05, 3.63) is 0 Å². The third-order valence-corrected chi connectivity index (χ3v) is 5.07. The summed E-state index contributed by atoms with van der Waals surface area (Å²) in [6.45, 7) is 9.47. The molecule has 116 valence electrons. The fourth-order valence-corrected chi connectivity index (χ4v) is 3.81. The van der Waals surface area contributed by atoms with Crippen molar-refractivity contribution in [2.45, 2.75) is 32.4 Å². The summed E-state index contributed by atoms with van der Waals surface area (Å²) in [5.74, 6) is 2.11. The second-order valence-electron chi connectivity index (χ2n) is 5.35. The van der Waals surface area contributed by atoms with Gasteiger partial charge in [0.05, 0.1) is 12.6 Å². The average Bonchev–Trinajstić information content (AvgIpc) is 3.01. The van der Waals surface area contributed by atoms with Gasteiger partial charge in [0, 0.05) is 50.5 Å². The molecule has 2 atom stereocenters. The van der Waals surface area contributed by atoms with E-state index in [-0.39, 0.29) is 11.9 Å². The molecular formula is C14H27N3O2S. The first-order chi connectivity index (χ1) is 9.76. The number of hydrogen-bond acceptors (Lipinski definition) is 5. The van der Waals surface area contributed by atoms with E-state index >= 15 is 0 Å². The molecule has 6 heteroatoms. The van der Waals surface area contributed by atoms with Crippen LogP contribution < -0.4 is 5.32 Å². The van der Waals surface area contributed by atoms with E-state index < -0.39 is 0 Å². The smallest absolute Gasteiger partial charge is 0.240 e. The molecule has 0 aromatic heterocycles. The molecule has 0 saturated carbocycles. The molecule has 0 radical (unpaired) electrons. The highest BCUT2D eigenvalue weighted by atomic mass is 32.2. The SMILES string of the molecule is CCOCCN1CCN(C(=O)C2CSCN2)CC1CC. The lowest BCUT2D eigenvalue weighted by Crippen LogP contribution is -2.58. The average molecular weight is 301 g/mol. The molecule has 5 nitrogen and oxygen atoms in total. The Morgan fingerprint density at radius 1 is 1.40 bits per heavy atom. The second-order valence-corrected chi connectivity index (χ2v) is 6.38. The number of nitrogens with zero attached hydrogens (tertiary/aromatic N) is 2. The maximum atomic E-state index is 12.4. The van der Waals surface area contributed by atoms with E-state index in [0.29, 0.717) is 6.04 Å². The summed E-state index contributed by atoms with van der Waals surface area (Å²) < 4.78 is 5.45. The molecule has 0 aromatic carbocycles. The third kappa shape index (κ3) is 4.10. The Kier molecular flexibility index (Phi) is 6.61. The molecule has 2 rings (SSSR count). The van der Waals surface area contributed by atoms with Gasteiger partial charge in [-0.3, -0.25) is 15.0 Å². The molecule has 2 aliphatic heterocycles. The highest BCUT2D eigenvalue weighted by molar-refractivity contribution is 7.99. The van der Waals surface area contributed by atoms with Crippen molar-refractivity contribution in [1.29, 1.82) is 0 Å². The van der Waals surface area contributed by atoms with Crippen LogP contribution in [0, 0.1) is 0 Å². The third-order valence-electron chi connectivity index (χ3n) is 4.13. The highest BCUT2D eigenvalue weighted by Gasteiger charge is 2.32. The van der Waals surface area contributed by atoms with Gasteiger partial charge >= 0.3 is 0 Å². The largest absolute Gasteiger partial charge is 0.380 e. The van der Waals surface area contributed by atoms with Gasteiger partial charge in [0.1, 0.15) is 0 Å². The van der Waals surface area contributed by atoms with Gasteiger partial charge in [-0.1, -0.05) is 6.92 Å². The van der Waals surface area contributed by atoms with Gasteiger partial charge in [-0.05, 0) is 13.3 Å². The summed E-state index contributed by atoms with van der Waals surface area (Å²) in [5, 5.41) is 3.28. The number of hydrogen-bond donors (Lipinski definition) is 1. The van der Waals surface area contributed by atoms with Crippen LogP contribution in [-0.4, -0.2) is 78.8 Å². The van der Waals surface area contributed by atoms with Gasteiger partial charge in [-0.2, -0.15) is 0 Å². The molecular weight excluding hydrogens is 274 g/mol. The standard InChI is InChI=1S/C14H27N3O2S/c1-3-12-9-17(14(18)13-10-20-11-15-13)6-5-16(12)7-8-19-4-2/h12-13,15H,3-11H2,1-2H3. The van der Waals surface area contributed by atoms with Crippen molar-refractivity contribution < 1.29 is 9.53 Å². The van der Waals surface area contributed by atoms with E-state index in [1.165, 1.54) is 0 Å². The Bertz CT molecular complexity index is 311. The van der Waals surface area contributed by atoms with Crippen LogP contribution in [0.4, 0.5) is 0 Å². The van der Waals surface area contributed by atoms with Crippen molar-refractivity contribution in [3.8, 4) is 0 Å². The number of amides is 1. The molecule has 2 saturated heterocycles. The molecule has 1 N–H and O–H groups in total. The van der Waals surface area contributed by atoms with Crippen LogP contribution in [0.5, 0.6) is 0 Å². The van der Waals surface area contributed by atoms with Gasteiger partial charge in [-0.15, -0.1) is 11.8 Å². The molecule has 2 aliphatic rings. The Morgan fingerprint density at radius 3 is 2.90 bits per heavy atom. The summed E-state index contributed by atoms with van der Waals surface area (Å²) in [6.07, 6.45) is 1.09. The molecule has 20 heavy (non-hydrogen) atoms. The Labute approximate surface area is 126 Å². The summed E-state index contributed by atoms with van der Waals surface area (Å²) in [7, 11) is 0. The second kappa shape index (κ2) is 8.22. The fraction of sp³-hybridized carbons (Fsp3) is 0.929. The number of nitrogens with one attached hydrogen (secondary N) is 1. The summed E-state index contributed by atoms with van der Waals surface area (Å²) in [5.41, 5.74) is 0. The molecule has 1 amide bonds. The van der Waals surface area contributed by atoms with E-state index in [0.717, 1.165) is 57.4 Å². The number of carbonyl (C=O) groups is 1. The fourth-order valence-electron chi connectivity index (χ4n) is 2.88. The van der Waals surface area contributed by atoms with Crippen LogP contribution in [-0.2, 0) is 9.53 Å². The normalized spacial score (nSPS) is 28.0.